The van der Waals surface area contributed by atoms with Gasteiger partial charge >= 0.3 is 0 Å². The molecule has 4 heteroatoms. The van der Waals surface area contributed by atoms with Gasteiger partial charge in [-0.2, -0.15) is 5.26 Å². The highest BCUT2D eigenvalue weighted by Gasteiger charge is 2.08. The van der Waals surface area contributed by atoms with Gasteiger partial charge in [-0.15, -0.1) is 0 Å². The molecule has 0 radical (unpaired) electrons. The van der Waals surface area contributed by atoms with Crippen LogP contribution in [0.15, 0.2) is 54.6 Å². The number of nitriles is 1. The first-order chi connectivity index (χ1) is 11.6. The molecule has 0 saturated heterocycles. The smallest absolute Gasteiger partial charge is 0.137 e. The van der Waals surface area contributed by atoms with E-state index in [1.54, 1.807) is 12.1 Å². The Bertz CT molecular complexity index is 647. The summed E-state index contributed by atoms with van der Waals surface area (Å²) in [6.07, 6.45) is 1.75. The second-order valence-electron chi connectivity index (χ2n) is 5.70. The van der Waals surface area contributed by atoms with E-state index in [0.717, 1.165) is 18.4 Å². The molecule has 0 unspecified atom stereocenters. The third-order valence-electron chi connectivity index (χ3n) is 3.29. The number of nitrogens with zero attached hydrogens (tertiary/aromatic N) is 1. The van der Waals surface area contributed by atoms with Gasteiger partial charge in [-0.05, 0) is 30.2 Å². The minimum Gasteiger partial charge on any atom is -0.388 e. The number of hydrogen-bond acceptors (Lipinski definition) is 4. The number of anilines is 1. The molecule has 1 atom stereocenters. The summed E-state index contributed by atoms with van der Waals surface area (Å²) in [7, 11) is 1.83. The first-order valence-electron chi connectivity index (χ1n) is 8.02. The van der Waals surface area contributed by atoms with Crippen molar-refractivity contribution in [2.45, 2.75) is 32.4 Å². The normalized spacial score (nSPS) is 11.0. The van der Waals surface area contributed by atoms with Crippen molar-refractivity contribution in [1.82, 2.24) is 5.32 Å². The number of carbonyl (C=O) groups is 1. The Morgan fingerprint density at radius 3 is 2.38 bits per heavy atom. The molecular formula is C20H25N3O. The zero-order valence-corrected chi connectivity index (χ0v) is 14.5. The third kappa shape index (κ3) is 7.57. The molecule has 0 heterocycles. The second kappa shape index (κ2) is 11.0. The van der Waals surface area contributed by atoms with Gasteiger partial charge in [-0.25, -0.2) is 0 Å². The zero-order valence-electron chi connectivity index (χ0n) is 14.5. The highest BCUT2D eigenvalue weighted by Crippen LogP contribution is 2.07. The van der Waals surface area contributed by atoms with Crippen LogP contribution in [0.5, 0.6) is 0 Å². The van der Waals surface area contributed by atoms with E-state index in [-0.39, 0.29) is 6.04 Å². The van der Waals surface area contributed by atoms with E-state index in [4.69, 9.17) is 5.26 Å². The molecule has 0 saturated carbocycles. The summed E-state index contributed by atoms with van der Waals surface area (Å²) in [6.45, 7) is 4.09. The molecule has 2 rings (SSSR count). The minimum absolute atomic E-state index is 0.0719. The van der Waals surface area contributed by atoms with Gasteiger partial charge in [-0.1, -0.05) is 50.2 Å². The van der Waals surface area contributed by atoms with E-state index in [9.17, 15) is 4.79 Å². The molecule has 0 amide bonds. The summed E-state index contributed by atoms with van der Waals surface area (Å²) in [5.41, 5.74) is 2.85. The van der Waals surface area contributed by atoms with E-state index < -0.39 is 0 Å². The first kappa shape index (κ1) is 19.4. The van der Waals surface area contributed by atoms with Crippen LogP contribution in [0.1, 0.15) is 25.0 Å². The Balaban J connectivity index is 0.000000254. The fourth-order valence-electron chi connectivity index (χ4n) is 2.19. The van der Waals surface area contributed by atoms with Crippen molar-refractivity contribution in [2.75, 3.05) is 12.4 Å². The average molecular weight is 323 g/mol. The summed E-state index contributed by atoms with van der Waals surface area (Å²) in [4.78, 5) is 10.8. The lowest BCUT2D eigenvalue weighted by molar-refractivity contribution is -0.109. The maximum atomic E-state index is 10.8. The molecule has 0 bridgehead atoms. The van der Waals surface area contributed by atoms with Crippen LogP contribution in [0.2, 0.25) is 0 Å². The Hall–Kier alpha value is -2.64. The molecule has 24 heavy (non-hydrogen) atoms. The van der Waals surface area contributed by atoms with Crippen LogP contribution in [0, 0.1) is 11.3 Å². The van der Waals surface area contributed by atoms with E-state index >= 15 is 0 Å². The van der Waals surface area contributed by atoms with Crippen LogP contribution < -0.4 is 10.6 Å². The molecule has 2 N–H and O–H groups in total. The van der Waals surface area contributed by atoms with Crippen LogP contribution in [0.25, 0.3) is 0 Å². The SMILES string of the molecule is CC(C)N[C@H](C=O)Cc1ccccc1.CNc1cccc(C#N)c1. The average Bonchev–Trinajstić information content (AvgIpc) is 2.62. The zero-order chi connectivity index (χ0) is 17.8. The van der Waals surface area contributed by atoms with E-state index in [0.29, 0.717) is 11.6 Å². The van der Waals surface area contributed by atoms with Crippen LogP contribution >= 0.6 is 0 Å². The monoisotopic (exact) mass is 323 g/mol. The van der Waals surface area contributed by atoms with Crippen molar-refractivity contribution in [3.05, 3.63) is 65.7 Å². The highest BCUT2D eigenvalue weighted by molar-refractivity contribution is 5.58. The molecule has 4 nitrogen and oxygen atoms in total. The molecule has 0 aliphatic heterocycles. The van der Waals surface area contributed by atoms with Crippen molar-refractivity contribution < 1.29 is 4.79 Å². The van der Waals surface area contributed by atoms with Crippen LogP contribution in [0.4, 0.5) is 5.69 Å². The van der Waals surface area contributed by atoms with E-state index in [2.05, 4.69) is 16.7 Å². The minimum atomic E-state index is -0.0719. The fraction of sp³-hybridized carbons (Fsp3) is 0.300. The van der Waals surface area contributed by atoms with Crippen LogP contribution in [-0.2, 0) is 11.2 Å². The topological polar surface area (TPSA) is 64.9 Å². The van der Waals surface area contributed by atoms with Crippen LogP contribution in [0.3, 0.4) is 0 Å². The van der Waals surface area contributed by atoms with Gasteiger partial charge in [-0.3, -0.25) is 0 Å². The number of aldehydes is 1. The Kier molecular flexibility index (Phi) is 8.88. The largest absolute Gasteiger partial charge is 0.388 e. The predicted molar refractivity (Wildman–Crippen MR) is 99.0 cm³/mol. The summed E-state index contributed by atoms with van der Waals surface area (Å²) in [5, 5.41) is 14.6. The van der Waals surface area contributed by atoms with Gasteiger partial charge in [0, 0.05) is 18.8 Å². The predicted octanol–water partition coefficient (Wildman–Crippen LogP) is 3.39. The molecular weight excluding hydrogens is 298 g/mol. The van der Waals surface area contributed by atoms with Crippen molar-refractivity contribution in [1.29, 1.82) is 5.26 Å². The van der Waals surface area contributed by atoms with Gasteiger partial charge in [0.1, 0.15) is 6.29 Å². The molecule has 2 aromatic rings. The van der Waals surface area contributed by atoms with Gasteiger partial charge in [0.25, 0.3) is 0 Å². The summed E-state index contributed by atoms with van der Waals surface area (Å²) in [5.74, 6) is 0. The highest BCUT2D eigenvalue weighted by atomic mass is 16.1. The van der Waals surface area contributed by atoms with E-state index in [1.807, 2.05) is 63.4 Å². The maximum Gasteiger partial charge on any atom is 0.137 e. The lowest BCUT2D eigenvalue weighted by Crippen LogP contribution is -2.37. The first-order valence-corrected chi connectivity index (χ1v) is 8.02. The van der Waals surface area contributed by atoms with Gasteiger partial charge in [0.05, 0.1) is 17.7 Å². The standard InChI is InChI=1S/C12H17NO.C8H8N2/c1-10(2)13-12(9-14)8-11-6-4-3-5-7-11;1-10-8-4-2-3-7(5-8)6-9/h3-7,9-10,12-13H,8H2,1-2H3;2-5,10H,1H3/t12-;/m0./s1. The molecule has 0 aromatic heterocycles. The third-order valence-corrected chi connectivity index (χ3v) is 3.29. The number of rotatable bonds is 6. The molecule has 126 valence electrons. The lowest BCUT2D eigenvalue weighted by atomic mass is 10.1. The molecule has 0 aliphatic rings. The van der Waals surface area contributed by atoms with Crippen molar-refractivity contribution >= 4 is 12.0 Å². The lowest BCUT2D eigenvalue weighted by Gasteiger charge is -2.15. The van der Waals surface area contributed by atoms with Crippen LogP contribution in [-0.4, -0.2) is 25.4 Å². The molecule has 0 fully saturated rings. The van der Waals surface area contributed by atoms with Crippen molar-refractivity contribution in [2.24, 2.45) is 0 Å². The number of benzene rings is 2. The molecule has 2 aromatic carbocycles. The maximum absolute atomic E-state index is 10.8. The molecule has 0 spiro atoms. The number of hydrogen-bond donors (Lipinski definition) is 2. The van der Waals surface area contributed by atoms with Crippen molar-refractivity contribution in [3.8, 4) is 6.07 Å². The van der Waals surface area contributed by atoms with E-state index in [1.165, 1.54) is 5.56 Å². The Morgan fingerprint density at radius 1 is 1.12 bits per heavy atom. The van der Waals surface area contributed by atoms with Crippen molar-refractivity contribution in [3.63, 3.8) is 0 Å². The number of nitrogens with one attached hydrogen (secondary N) is 2. The fourth-order valence-corrected chi connectivity index (χ4v) is 2.19. The summed E-state index contributed by atoms with van der Waals surface area (Å²) >= 11 is 0. The summed E-state index contributed by atoms with van der Waals surface area (Å²) in [6, 6.07) is 19.7. The van der Waals surface area contributed by atoms with Gasteiger partial charge in [0.2, 0.25) is 0 Å². The second-order valence-corrected chi connectivity index (χ2v) is 5.70. The van der Waals surface area contributed by atoms with Gasteiger partial charge in [0.15, 0.2) is 0 Å². The number of carbonyl (C=O) groups excluding carboxylic acids is 1. The van der Waals surface area contributed by atoms with Gasteiger partial charge < -0.3 is 15.4 Å². The Morgan fingerprint density at radius 2 is 1.83 bits per heavy atom. The quantitative estimate of drug-likeness (QED) is 0.800. The Labute approximate surface area is 144 Å². The molecule has 0 aliphatic carbocycles. The summed E-state index contributed by atoms with van der Waals surface area (Å²) < 4.78 is 0.